The largest absolute Gasteiger partial charge is 4.00 e. The van der Waals surface area contributed by atoms with E-state index < -0.39 is 6.16 Å². The first-order chi connectivity index (χ1) is 1.73. The Kier molecular flexibility index (Phi) is 123. The van der Waals surface area contributed by atoms with E-state index in [1.807, 2.05) is 0 Å². The zero-order valence-corrected chi connectivity index (χ0v) is 6.74. The molecular weight excluding hydrogens is 247 g/mol. The van der Waals surface area contributed by atoms with Gasteiger partial charge in [-0.2, -0.15) is 0 Å². The Morgan fingerprint density at radius 1 is 1.12 bits per heavy atom. The van der Waals surface area contributed by atoms with Gasteiger partial charge >= 0.3 is 43.3 Å². The van der Waals surface area contributed by atoms with Gasteiger partial charge in [-0.1, -0.05) is 0 Å². The number of rotatable bonds is 0. The van der Waals surface area contributed by atoms with Crippen molar-refractivity contribution in [2.45, 2.75) is 0 Å². The minimum absolute atomic E-state index is 0. The molecule has 0 aromatic rings. The van der Waals surface area contributed by atoms with E-state index in [9.17, 15) is 0 Å². The minimum Gasteiger partial charge on any atom is -2.00 e. The topological polar surface area (TPSA) is 120 Å². The van der Waals surface area contributed by atoms with E-state index in [-0.39, 0.29) is 54.2 Å². The van der Waals surface area contributed by atoms with E-state index in [0.29, 0.717) is 0 Å². The quantitative estimate of drug-likeness (QED) is 0.433. The van der Waals surface area contributed by atoms with Gasteiger partial charge < -0.3 is 26.0 Å². The van der Waals surface area contributed by atoms with Crippen LogP contribution in [-0.4, -0.2) is 6.16 Å². The fraction of sp³-hybridized carbons (Fsp3) is 0. The Hall–Kier alpha value is 0.593. The molecule has 0 fully saturated rings. The molecule has 0 aromatic carbocycles. The molecule has 0 bridgehead atoms. The summed E-state index contributed by atoms with van der Waals surface area (Å²) in [6.07, 6.45) is -2.33. The van der Waals surface area contributed by atoms with Crippen molar-refractivity contribution >= 4 is 6.16 Å². The Morgan fingerprint density at radius 3 is 1.12 bits per heavy atom. The molecule has 0 aromatic heterocycles. The zero-order valence-electron chi connectivity index (χ0n) is 3.34. The molecule has 7 heteroatoms. The second-order valence-corrected chi connectivity index (χ2v) is 0.250. The Bertz CT molecular complexity index is 35.4. The molecule has 0 aliphatic heterocycles. The van der Waals surface area contributed by atoms with Gasteiger partial charge in [0.2, 0.25) is 0 Å². The average molecular weight is 247 g/mol. The smallest absolute Gasteiger partial charge is 2.00 e. The molecule has 0 heterocycles. The molecule has 0 saturated carbocycles. The van der Waals surface area contributed by atoms with E-state index in [2.05, 4.69) is 0 Å². The van der Waals surface area contributed by atoms with E-state index in [0.717, 1.165) is 0 Å². The van der Waals surface area contributed by atoms with Crippen LogP contribution in [0.1, 0.15) is 0 Å². The Morgan fingerprint density at radius 2 is 1.12 bits per heavy atom. The van der Waals surface area contributed by atoms with Crippen LogP contribution in [0.4, 0.5) is 4.79 Å². The monoisotopic (exact) mass is 245 g/mol. The summed E-state index contributed by atoms with van der Waals surface area (Å²) in [6.45, 7) is 0. The van der Waals surface area contributed by atoms with Crippen LogP contribution in [0.3, 0.4) is 0 Å². The summed E-state index contributed by atoms with van der Waals surface area (Å²) in [6, 6.07) is 0. The molecule has 49 valence electrons. The maximum Gasteiger partial charge on any atom is 4.00 e. The van der Waals surface area contributed by atoms with Gasteiger partial charge in [0.15, 0.2) is 0 Å². The van der Waals surface area contributed by atoms with E-state index >= 15 is 0 Å². The molecule has 0 unspecified atom stereocenters. The van der Waals surface area contributed by atoms with Gasteiger partial charge in [-0.25, -0.2) is 0 Å². The number of hydrogen-bond acceptors (Lipinski definition) is 3. The first-order valence-electron chi connectivity index (χ1n) is 0.612. The van der Waals surface area contributed by atoms with Gasteiger partial charge in [0.05, 0.1) is 0 Å². The molecule has 0 rings (SSSR count). The molecule has 0 atom stereocenters. The van der Waals surface area contributed by atoms with Crippen molar-refractivity contribution in [3.63, 3.8) is 0 Å². The molecule has 0 saturated heterocycles. The van der Waals surface area contributed by atoms with Gasteiger partial charge in [0.1, 0.15) is 0 Å². The van der Waals surface area contributed by atoms with Crippen LogP contribution in [0.25, 0.3) is 0 Å². The van der Waals surface area contributed by atoms with Crippen LogP contribution >= 0.6 is 0 Å². The summed E-state index contributed by atoms with van der Waals surface area (Å²) >= 11 is 0. The normalized spacial score (nSPS) is 3.00. The summed E-state index contributed by atoms with van der Waals surface area (Å²) in [5, 5.41) is 16.7. The van der Waals surface area contributed by atoms with Gasteiger partial charge in [-0.3, -0.25) is 0 Å². The van der Waals surface area contributed by atoms with Crippen LogP contribution in [0.5, 0.6) is 0 Å². The molecule has 0 aliphatic carbocycles. The summed E-state index contributed by atoms with van der Waals surface area (Å²) in [7, 11) is 0. The van der Waals surface area contributed by atoms with Crippen molar-refractivity contribution in [3.05, 3.63) is 0 Å². The third kappa shape index (κ3) is 587. The van der Waals surface area contributed by atoms with Crippen LogP contribution in [0.15, 0.2) is 0 Å². The van der Waals surface area contributed by atoms with Gasteiger partial charge in [-0.15, -0.1) is 0 Å². The summed E-state index contributed by atoms with van der Waals surface area (Å²) in [4.78, 5) is 8.33. The molecular formula is CCuO5Zr. The second-order valence-electron chi connectivity index (χ2n) is 0.250. The first-order valence-corrected chi connectivity index (χ1v) is 0.612. The van der Waals surface area contributed by atoms with Crippen LogP contribution < -0.4 is 10.2 Å². The fourth-order valence-electron chi connectivity index (χ4n) is 0. The zero-order chi connectivity index (χ0) is 3.58. The number of carboxylic acid groups (broad SMARTS) is 2. The molecule has 0 aliphatic rings. The Labute approximate surface area is 75.3 Å². The maximum atomic E-state index is 8.33. The van der Waals surface area contributed by atoms with E-state index in [1.54, 1.807) is 0 Å². The summed E-state index contributed by atoms with van der Waals surface area (Å²) in [5.41, 5.74) is 0. The first kappa shape index (κ1) is 38.4. The van der Waals surface area contributed by atoms with Crippen LogP contribution in [0.2, 0.25) is 0 Å². The number of carbonyl (C=O) groups is 1. The molecule has 0 amide bonds. The van der Waals surface area contributed by atoms with Crippen molar-refractivity contribution in [2.24, 2.45) is 0 Å². The summed E-state index contributed by atoms with van der Waals surface area (Å²) < 4.78 is 0. The van der Waals surface area contributed by atoms with Crippen molar-refractivity contribution < 1.29 is 69.2 Å². The molecule has 0 N–H and O–H groups in total. The SMILES string of the molecule is O=C([O-])[O-].[Cu+2].[O-2].[O-2].[Zr+4]. The van der Waals surface area contributed by atoms with Crippen LogP contribution in [-0.2, 0) is 54.2 Å². The minimum atomic E-state index is -2.33. The molecule has 8 heavy (non-hydrogen) atoms. The molecule has 1 radical (unpaired) electrons. The van der Waals surface area contributed by atoms with Crippen molar-refractivity contribution in [1.82, 2.24) is 0 Å². The van der Waals surface area contributed by atoms with Gasteiger partial charge in [0.25, 0.3) is 0 Å². The van der Waals surface area contributed by atoms with Crippen molar-refractivity contribution in [3.8, 4) is 0 Å². The van der Waals surface area contributed by atoms with Crippen molar-refractivity contribution in [2.75, 3.05) is 0 Å². The average Bonchev–Trinajstić information content (AvgIpc) is 0.811. The number of hydrogen-bond donors (Lipinski definition) is 0. The van der Waals surface area contributed by atoms with Gasteiger partial charge in [0, 0.05) is 0 Å². The second kappa shape index (κ2) is 25.6. The maximum absolute atomic E-state index is 8.33. The number of carbonyl (C=O) groups excluding carboxylic acids is 1. The van der Waals surface area contributed by atoms with Gasteiger partial charge in [-0.05, 0) is 6.16 Å². The summed E-state index contributed by atoms with van der Waals surface area (Å²) in [5.74, 6) is 0. The van der Waals surface area contributed by atoms with Crippen molar-refractivity contribution in [1.29, 1.82) is 0 Å². The molecule has 0 spiro atoms. The van der Waals surface area contributed by atoms with E-state index in [4.69, 9.17) is 15.0 Å². The molecule has 5 nitrogen and oxygen atoms in total. The van der Waals surface area contributed by atoms with E-state index in [1.165, 1.54) is 0 Å². The third-order valence-electron chi connectivity index (χ3n) is 0. The predicted molar refractivity (Wildman–Crippen MR) is 6.77 cm³/mol. The standard InChI is InChI=1S/CH2O3.Cu.2O.Zr/c2-1(3)4;;;;/h(H2,2,3,4);;;;/q;+2;2*-2;+4/p-2. The van der Waals surface area contributed by atoms with Crippen LogP contribution in [0, 0.1) is 0 Å². The predicted octanol–water partition coefficient (Wildman–Crippen LogP) is -2.69. The third-order valence-corrected chi connectivity index (χ3v) is 0. The Balaban J connectivity index is -0.00000000750. The fourth-order valence-corrected chi connectivity index (χ4v) is 0.